The van der Waals surface area contributed by atoms with Gasteiger partial charge in [-0.15, -0.1) is 0 Å². The summed E-state index contributed by atoms with van der Waals surface area (Å²) in [6.07, 6.45) is 0.708. The Morgan fingerprint density at radius 1 is 1.42 bits per heavy atom. The van der Waals surface area contributed by atoms with Crippen molar-refractivity contribution in [3.8, 4) is 0 Å². The minimum Gasteiger partial charge on any atom is -0.314 e. The fraction of sp³-hybridized carbons (Fsp3) is 0.889. The van der Waals surface area contributed by atoms with E-state index in [1.165, 1.54) is 0 Å². The Balaban J connectivity index is 0.00000121. The lowest BCUT2D eigenvalue weighted by Crippen LogP contribution is -2.44. The van der Waals surface area contributed by atoms with Gasteiger partial charge >= 0.3 is 0 Å². The molecule has 12 heavy (non-hydrogen) atoms. The normalized spacial score (nSPS) is 18.4. The maximum atomic E-state index is 10.6. The first-order chi connectivity index (χ1) is 5.29. The Hall–Kier alpha value is -0.410. The van der Waals surface area contributed by atoms with Crippen molar-refractivity contribution >= 4 is 5.78 Å². The van der Waals surface area contributed by atoms with Gasteiger partial charge in [-0.05, 0) is 6.92 Å². The van der Waals surface area contributed by atoms with Crippen LogP contribution in [-0.4, -0.2) is 43.4 Å². The summed E-state index contributed by atoms with van der Waals surface area (Å²) in [5.41, 5.74) is 0. The van der Waals surface area contributed by atoms with Crippen LogP contribution in [0.1, 0.15) is 20.8 Å². The molecule has 1 aliphatic heterocycles. The van der Waals surface area contributed by atoms with E-state index in [0.717, 1.165) is 32.7 Å². The molecular formula is C9H20N2O. The summed E-state index contributed by atoms with van der Waals surface area (Å²) in [5, 5.41) is 3.28. The van der Waals surface area contributed by atoms with Crippen molar-refractivity contribution in [3.63, 3.8) is 0 Å². The lowest BCUT2D eigenvalue weighted by molar-refractivity contribution is -0.117. The lowest BCUT2D eigenvalue weighted by atomic mass is 10.2. The molecule has 3 nitrogen and oxygen atoms in total. The molecule has 0 saturated carbocycles. The van der Waals surface area contributed by atoms with Gasteiger partial charge in [0.05, 0.1) is 0 Å². The highest BCUT2D eigenvalue weighted by molar-refractivity contribution is 5.75. The summed E-state index contributed by atoms with van der Waals surface area (Å²) in [6.45, 7) is 6.91. The van der Waals surface area contributed by atoms with E-state index in [4.69, 9.17) is 0 Å². The van der Waals surface area contributed by atoms with Crippen molar-refractivity contribution < 1.29 is 4.79 Å². The van der Waals surface area contributed by atoms with Crippen molar-refractivity contribution in [1.29, 1.82) is 0 Å². The maximum Gasteiger partial charge on any atom is 0.131 e. The van der Waals surface area contributed by atoms with Crippen LogP contribution in [0.3, 0.4) is 0 Å². The molecule has 0 atom stereocenters. The van der Waals surface area contributed by atoms with Crippen molar-refractivity contribution in [1.82, 2.24) is 10.2 Å². The van der Waals surface area contributed by atoms with Crippen molar-refractivity contribution in [2.75, 3.05) is 32.7 Å². The lowest BCUT2D eigenvalue weighted by Gasteiger charge is -2.26. The second kappa shape index (κ2) is 6.14. The number of piperazine rings is 1. The first-order valence-corrected chi connectivity index (χ1v) is 4.21. The van der Waals surface area contributed by atoms with E-state index in [1.807, 2.05) is 0 Å². The summed E-state index contributed by atoms with van der Waals surface area (Å²) < 4.78 is 0. The van der Waals surface area contributed by atoms with Gasteiger partial charge in [0.15, 0.2) is 0 Å². The summed E-state index contributed by atoms with van der Waals surface area (Å²) >= 11 is 0. The zero-order valence-corrected chi connectivity index (χ0v) is 7.10. The Morgan fingerprint density at radius 2 is 2.00 bits per heavy atom. The standard InChI is InChI=1S/C8H16N2O.CH4/c1-8(11)2-5-10-6-3-9-4-7-10;/h9H,2-7H2,1H3;1H4. The van der Waals surface area contributed by atoms with Crippen LogP contribution in [0.25, 0.3) is 0 Å². The third-order valence-electron chi connectivity index (χ3n) is 1.99. The molecule has 1 saturated heterocycles. The van der Waals surface area contributed by atoms with Crippen LogP contribution in [0.4, 0.5) is 0 Å². The molecule has 1 fully saturated rings. The number of carbonyl (C=O) groups is 1. The van der Waals surface area contributed by atoms with Gasteiger partial charge in [-0.25, -0.2) is 0 Å². The molecule has 3 heteroatoms. The molecule has 0 radical (unpaired) electrons. The number of nitrogens with zero attached hydrogens (tertiary/aromatic N) is 1. The molecule has 0 spiro atoms. The van der Waals surface area contributed by atoms with Crippen LogP contribution in [0.2, 0.25) is 0 Å². The number of rotatable bonds is 3. The van der Waals surface area contributed by atoms with Gasteiger partial charge in [0.2, 0.25) is 0 Å². The van der Waals surface area contributed by atoms with E-state index in [2.05, 4.69) is 10.2 Å². The molecule has 1 rings (SSSR count). The minimum absolute atomic E-state index is 0. The van der Waals surface area contributed by atoms with Gasteiger partial charge in [-0.3, -0.25) is 4.79 Å². The molecule has 1 heterocycles. The molecule has 1 N–H and O–H groups in total. The number of carbonyl (C=O) groups excluding carboxylic acids is 1. The molecule has 0 aromatic carbocycles. The quantitative estimate of drug-likeness (QED) is 0.673. The van der Waals surface area contributed by atoms with Gasteiger partial charge in [-0.2, -0.15) is 0 Å². The van der Waals surface area contributed by atoms with E-state index < -0.39 is 0 Å². The minimum atomic E-state index is 0. The van der Waals surface area contributed by atoms with Crippen LogP contribution in [0.15, 0.2) is 0 Å². The van der Waals surface area contributed by atoms with Gasteiger partial charge in [0.1, 0.15) is 5.78 Å². The average Bonchev–Trinajstić information content (AvgIpc) is 2.03. The Bertz CT molecular complexity index is 130. The molecule has 0 amide bonds. The first-order valence-electron chi connectivity index (χ1n) is 4.21. The van der Waals surface area contributed by atoms with Crippen LogP contribution < -0.4 is 5.32 Å². The number of hydrogen-bond donors (Lipinski definition) is 1. The third kappa shape index (κ3) is 4.46. The number of Topliss-reactive ketones (excluding diaryl/α,β-unsaturated/α-hetero) is 1. The predicted octanol–water partition coefficient (Wildman–Crippen LogP) is 0.507. The van der Waals surface area contributed by atoms with E-state index in [-0.39, 0.29) is 7.43 Å². The van der Waals surface area contributed by atoms with Gasteiger partial charge < -0.3 is 10.2 Å². The van der Waals surface area contributed by atoms with E-state index in [1.54, 1.807) is 6.92 Å². The summed E-state index contributed by atoms with van der Waals surface area (Å²) in [5.74, 6) is 0.295. The van der Waals surface area contributed by atoms with Crippen LogP contribution in [0, 0.1) is 0 Å². The molecule has 72 valence electrons. The highest BCUT2D eigenvalue weighted by Gasteiger charge is 2.08. The monoisotopic (exact) mass is 172 g/mol. The summed E-state index contributed by atoms with van der Waals surface area (Å²) in [4.78, 5) is 13.0. The number of hydrogen-bond acceptors (Lipinski definition) is 3. The molecule has 0 aromatic heterocycles. The van der Waals surface area contributed by atoms with Crippen LogP contribution in [0.5, 0.6) is 0 Å². The first kappa shape index (κ1) is 11.6. The predicted molar refractivity (Wildman–Crippen MR) is 51.3 cm³/mol. The molecular weight excluding hydrogens is 152 g/mol. The second-order valence-corrected chi connectivity index (χ2v) is 3.04. The molecule has 0 aromatic rings. The topological polar surface area (TPSA) is 32.3 Å². The fourth-order valence-electron chi connectivity index (χ4n) is 1.25. The highest BCUT2D eigenvalue weighted by atomic mass is 16.1. The average molecular weight is 172 g/mol. The second-order valence-electron chi connectivity index (χ2n) is 3.04. The Labute approximate surface area is 75.1 Å². The zero-order chi connectivity index (χ0) is 8.10. The zero-order valence-electron chi connectivity index (χ0n) is 7.10. The van der Waals surface area contributed by atoms with Crippen molar-refractivity contribution in [2.24, 2.45) is 0 Å². The van der Waals surface area contributed by atoms with Crippen molar-refractivity contribution in [2.45, 2.75) is 20.8 Å². The maximum absolute atomic E-state index is 10.6. The Kier molecular flexibility index (Phi) is 5.93. The van der Waals surface area contributed by atoms with Gasteiger partial charge in [0, 0.05) is 39.1 Å². The van der Waals surface area contributed by atoms with Gasteiger partial charge in [0.25, 0.3) is 0 Å². The number of nitrogens with one attached hydrogen (secondary N) is 1. The molecule has 0 aliphatic carbocycles. The summed E-state index contributed by atoms with van der Waals surface area (Å²) in [6, 6.07) is 0. The van der Waals surface area contributed by atoms with E-state index in [0.29, 0.717) is 12.2 Å². The fourth-order valence-corrected chi connectivity index (χ4v) is 1.25. The molecule has 1 aliphatic rings. The molecule has 0 unspecified atom stereocenters. The summed E-state index contributed by atoms with van der Waals surface area (Å²) in [7, 11) is 0. The largest absolute Gasteiger partial charge is 0.314 e. The smallest absolute Gasteiger partial charge is 0.131 e. The SMILES string of the molecule is C.CC(=O)CCN1CCNCC1. The van der Waals surface area contributed by atoms with Gasteiger partial charge in [-0.1, -0.05) is 7.43 Å². The van der Waals surface area contributed by atoms with Crippen LogP contribution >= 0.6 is 0 Å². The third-order valence-corrected chi connectivity index (χ3v) is 1.99. The Morgan fingerprint density at radius 3 is 2.50 bits per heavy atom. The van der Waals surface area contributed by atoms with Crippen molar-refractivity contribution in [3.05, 3.63) is 0 Å². The van der Waals surface area contributed by atoms with E-state index >= 15 is 0 Å². The van der Waals surface area contributed by atoms with Crippen LogP contribution in [-0.2, 0) is 4.79 Å². The highest BCUT2D eigenvalue weighted by Crippen LogP contribution is 1.94. The molecule has 0 bridgehead atoms. The number of ketones is 1. The van der Waals surface area contributed by atoms with E-state index in [9.17, 15) is 4.79 Å².